The molecule has 1 aromatic heterocycles. The van der Waals surface area contributed by atoms with Gasteiger partial charge >= 0.3 is 0 Å². The summed E-state index contributed by atoms with van der Waals surface area (Å²) in [6.45, 7) is 0. The summed E-state index contributed by atoms with van der Waals surface area (Å²) in [7, 11) is -3.34. The summed E-state index contributed by atoms with van der Waals surface area (Å²) in [5.41, 5.74) is 4.94. The van der Waals surface area contributed by atoms with Crippen LogP contribution in [0.5, 0.6) is 0 Å². The van der Waals surface area contributed by atoms with Crippen LogP contribution in [0.3, 0.4) is 0 Å². The van der Waals surface area contributed by atoms with Gasteiger partial charge in [0.15, 0.2) is 0 Å². The number of rotatable bonds is 2. The van der Waals surface area contributed by atoms with Crippen molar-refractivity contribution in [3.8, 4) is 0 Å². The Balaban J connectivity index is 2.66. The third-order valence-electron chi connectivity index (χ3n) is 0.962. The van der Waals surface area contributed by atoms with E-state index < -0.39 is 7.52 Å². The molecule has 0 saturated carbocycles. The highest BCUT2D eigenvalue weighted by Crippen LogP contribution is 2.36. The topological polar surface area (TPSA) is 63.3 Å². The molecule has 0 aliphatic rings. The molecule has 3 nitrogen and oxygen atoms in total. The Kier molecular flexibility index (Phi) is 2.26. The van der Waals surface area contributed by atoms with E-state index in [2.05, 4.69) is 0 Å². The Morgan fingerprint density at radius 1 is 1.80 bits per heavy atom. The second-order valence-corrected chi connectivity index (χ2v) is 4.85. The van der Waals surface area contributed by atoms with Gasteiger partial charge in [0.05, 0.1) is 6.16 Å². The molecule has 10 heavy (non-hydrogen) atoms. The van der Waals surface area contributed by atoms with Gasteiger partial charge in [-0.25, -0.2) is 0 Å². The molecular formula is C5H8NO2PS. The molecule has 0 aliphatic carbocycles. The van der Waals surface area contributed by atoms with Gasteiger partial charge in [0.1, 0.15) is 0 Å². The average molecular weight is 177 g/mol. The highest BCUT2D eigenvalue weighted by Gasteiger charge is 2.11. The van der Waals surface area contributed by atoms with E-state index in [-0.39, 0.29) is 6.16 Å². The van der Waals surface area contributed by atoms with Crippen molar-refractivity contribution < 1.29 is 9.46 Å². The van der Waals surface area contributed by atoms with Crippen molar-refractivity contribution in [2.45, 2.75) is 6.16 Å². The highest BCUT2D eigenvalue weighted by molar-refractivity contribution is 7.54. The zero-order valence-corrected chi connectivity index (χ0v) is 6.94. The third-order valence-corrected chi connectivity index (χ3v) is 2.85. The fraction of sp³-hybridized carbons (Fsp3) is 0.200. The minimum Gasteiger partial charge on any atom is -0.333 e. The van der Waals surface area contributed by atoms with Gasteiger partial charge in [0, 0.05) is 4.88 Å². The standard InChI is InChI=1S/C5H8NO2PS/c6-9(7,8)4-5-2-1-3-10-5/h1-3H,4H2,(H3,6,7,8). The van der Waals surface area contributed by atoms with Crippen molar-refractivity contribution in [1.29, 1.82) is 0 Å². The fourth-order valence-electron chi connectivity index (χ4n) is 0.626. The van der Waals surface area contributed by atoms with Crippen LogP contribution < -0.4 is 5.50 Å². The maximum absolute atomic E-state index is 10.6. The second-order valence-electron chi connectivity index (χ2n) is 1.99. The minimum atomic E-state index is -3.34. The molecule has 5 heteroatoms. The molecule has 0 spiro atoms. The van der Waals surface area contributed by atoms with Crippen LogP contribution in [0.1, 0.15) is 4.88 Å². The van der Waals surface area contributed by atoms with Crippen molar-refractivity contribution in [3.05, 3.63) is 22.4 Å². The Morgan fingerprint density at radius 2 is 2.50 bits per heavy atom. The maximum atomic E-state index is 10.6. The predicted octanol–water partition coefficient (Wildman–Crippen LogP) is 1.39. The zero-order chi connectivity index (χ0) is 7.61. The molecular weight excluding hydrogens is 169 g/mol. The van der Waals surface area contributed by atoms with Crippen molar-refractivity contribution in [3.63, 3.8) is 0 Å². The lowest BCUT2D eigenvalue weighted by Gasteiger charge is -2.00. The predicted molar refractivity (Wildman–Crippen MR) is 42.0 cm³/mol. The lowest BCUT2D eigenvalue weighted by atomic mass is 10.5. The van der Waals surface area contributed by atoms with E-state index in [9.17, 15) is 4.57 Å². The first-order valence-electron chi connectivity index (χ1n) is 2.71. The van der Waals surface area contributed by atoms with E-state index in [1.54, 1.807) is 6.07 Å². The minimum absolute atomic E-state index is 0.0880. The molecule has 0 saturated heterocycles. The molecule has 0 fully saturated rings. The Labute approximate surface area is 63.0 Å². The molecule has 3 N–H and O–H groups in total. The lowest BCUT2D eigenvalue weighted by molar-refractivity contribution is 0.479. The molecule has 0 bridgehead atoms. The van der Waals surface area contributed by atoms with E-state index in [0.29, 0.717) is 0 Å². The molecule has 0 radical (unpaired) electrons. The summed E-state index contributed by atoms with van der Waals surface area (Å²) in [5, 5.41) is 1.85. The largest absolute Gasteiger partial charge is 0.333 e. The smallest absolute Gasteiger partial charge is 0.269 e. The fourth-order valence-corrected chi connectivity index (χ4v) is 2.52. The van der Waals surface area contributed by atoms with Crippen LogP contribution in [0.15, 0.2) is 17.5 Å². The molecule has 0 amide bonds. The first-order chi connectivity index (χ1) is 4.58. The first-order valence-corrected chi connectivity index (χ1v) is 5.50. The molecule has 1 rings (SSSR count). The Bertz CT molecular complexity index is 240. The van der Waals surface area contributed by atoms with Crippen LogP contribution in [0.2, 0.25) is 0 Å². The van der Waals surface area contributed by atoms with Gasteiger partial charge in [-0.3, -0.25) is 10.1 Å². The Hall–Kier alpha value is -0.150. The van der Waals surface area contributed by atoms with Crippen molar-refractivity contribution >= 4 is 18.9 Å². The third kappa shape index (κ3) is 2.62. The van der Waals surface area contributed by atoms with Gasteiger partial charge in [0.25, 0.3) is 7.52 Å². The van der Waals surface area contributed by atoms with Crippen molar-refractivity contribution in [1.82, 2.24) is 0 Å². The van der Waals surface area contributed by atoms with Crippen LogP contribution in [0.4, 0.5) is 0 Å². The summed E-state index contributed by atoms with van der Waals surface area (Å²) in [5.74, 6) is 0. The summed E-state index contributed by atoms with van der Waals surface area (Å²) < 4.78 is 10.6. The molecule has 0 aliphatic heterocycles. The average Bonchev–Trinajstić information content (AvgIpc) is 2.12. The van der Waals surface area contributed by atoms with E-state index in [1.165, 1.54) is 11.3 Å². The summed E-state index contributed by atoms with van der Waals surface area (Å²) in [4.78, 5) is 9.58. The zero-order valence-electron chi connectivity index (χ0n) is 5.23. The summed E-state index contributed by atoms with van der Waals surface area (Å²) in [6, 6.07) is 3.62. The van der Waals surface area contributed by atoms with Gasteiger partial charge in [-0.2, -0.15) is 0 Å². The van der Waals surface area contributed by atoms with Crippen LogP contribution in [0.25, 0.3) is 0 Å². The lowest BCUT2D eigenvalue weighted by Crippen LogP contribution is -1.94. The number of nitrogens with two attached hydrogens (primary N) is 1. The van der Waals surface area contributed by atoms with E-state index in [1.807, 2.05) is 11.4 Å². The molecule has 0 aromatic carbocycles. The quantitative estimate of drug-likeness (QED) is 0.671. The summed E-state index contributed by atoms with van der Waals surface area (Å²) >= 11 is 1.44. The first kappa shape index (κ1) is 7.95. The normalized spacial score (nSPS) is 16.6. The SMILES string of the molecule is NP(=O)(O)Cc1cccs1. The van der Waals surface area contributed by atoms with Crippen molar-refractivity contribution in [2.24, 2.45) is 5.50 Å². The second kappa shape index (κ2) is 2.84. The van der Waals surface area contributed by atoms with Gasteiger partial charge < -0.3 is 4.89 Å². The van der Waals surface area contributed by atoms with Crippen LogP contribution in [-0.2, 0) is 10.7 Å². The number of hydrogen-bond donors (Lipinski definition) is 2. The van der Waals surface area contributed by atoms with Crippen molar-refractivity contribution in [2.75, 3.05) is 0 Å². The highest BCUT2D eigenvalue weighted by atomic mass is 32.1. The number of hydrogen-bond acceptors (Lipinski definition) is 2. The van der Waals surface area contributed by atoms with Gasteiger partial charge in [-0.15, -0.1) is 11.3 Å². The van der Waals surface area contributed by atoms with E-state index in [0.717, 1.165) is 4.88 Å². The van der Waals surface area contributed by atoms with E-state index >= 15 is 0 Å². The van der Waals surface area contributed by atoms with Gasteiger partial charge in [-0.1, -0.05) is 6.07 Å². The maximum Gasteiger partial charge on any atom is 0.269 e. The van der Waals surface area contributed by atoms with Crippen LogP contribution >= 0.6 is 18.9 Å². The van der Waals surface area contributed by atoms with Crippen LogP contribution in [-0.4, -0.2) is 4.89 Å². The molecule has 1 aromatic rings. The van der Waals surface area contributed by atoms with Gasteiger partial charge in [0.2, 0.25) is 0 Å². The molecule has 1 atom stereocenters. The van der Waals surface area contributed by atoms with E-state index in [4.69, 9.17) is 10.4 Å². The Morgan fingerprint density at radius 3 is 2.90 bits per heavy atom. The molecule has 56 valence electrons. The molecule has 1 unspecified atom stereocenters. The number of thiophene rings is 1. The van der Waals surface area contributed by atoms with Crippen LogP contribution in [0, 0.1) is 0 Å². The molecule has 1 heterocycles. The summed E-state index contributed by atoms with van der Waals surface area (Å²) in [6.07, 6.45) is 0.0880. The monoisotopic (exact) mass is 177 g/mol. The van der Waals surface area contributed by atoms with Gasteiger partial charge in [-0.05, 0) is 11.4 Å².